The van der Waals surface area contributed by atoms with Crippen LogP contribution in [0.15, 0.2) is 29.1 Å². The van der Waals surface area contributed by atoms with E-state index in [9.17, 15) is 9.18 Å². The van der Waals surface area contributed by atoms with E-state index in [1.54, 1.807) is 6.92 Å². The third-order valence-electron chi connectivity index (χ3n) is 1.93. The van der Waals surface area contributed by atoms with E-state index in [-0.39, 0.29) is 11.5 Å². The zero-order valence-corrected chi connectivity index (χ0v) is 8.40. The maximum absolute atomic E-state index is 12.6. The second-order valence-electron chi connectivity index (χ2n) is 3.07. The zero-order chi connectivity index (χ0) is 11.5. The summed E-state index contributed by atoms with van der Waals surface area (Å²) in [7, 11) is 0. The first-order valence-electron chi connectivity index (χ1n) is 4.50. The fraction of sp³-hybridized carbons (Fsp3) is 0.100. The van der Waals surface area contributed by atoms with Crippen molar-refractivity contribution >= 4 is 11.7 Å². The molecule has 0 saturated heterocycles. The first kappa shape index (κ1) is 10.3. The summed E-state index contributed by atoms with van der Waals surface area (Å²) in [6, 6.07) is 2.57. The van der Waals surface area contributed by atoms with Crippen LogP contribution in [0.25, 0.3) is 0 Å². The number of hydrogen-bond donors (Lipinski definition) is 1. The number of hydrogen-bond acceptors (Lipinski definition) is 4. The fourth-order valence-electron chi connectivity index (χ4n) is 1.15. The first-order valence-corrected chi connectivity index (χ1v) is 4.50. The van der Waals surface area contributed by atoms with Crippen LogP contribution in [0.2, 0.25) is 0 Å². The monoisotopic (exact) mass is 221 g/mol. The number of rotatable bonds is 2. The van der Waals surface area contributed by atoms with Gasteiger partial charge >= 0.3 is 0 Å². The van der Waals surface area contributed by atoms with Crippen LogP contribution in [0.5, 0.6) is 0 Å². The van der Waals surface area contributed by atoms with Gasteiger partial charge in [-0.3, -0.25) is 4.79 Å². The first-order chi connectivity index (χ1) is 7.66. The molecule has 0 spiro atoms. The number of aromatic nitrogens is 2. The number of aryl methyl sites for hydroxylation is 1. The van der Waals surface area contributed by atoms with Gasteiger partial charge in [0, 0.05) is 0 Å². The molecule has 1 N–H and O–H groups in total. The van der Waals surface area contributed by atoms with Gasteiger partial charge < -0.3 is 9.73 Å². The number of anilines is 1. The van der Waals surface area contributed by atoms with E-state index in [2.05, 4.69) is 15.3 Å². The van der Waals surface area contributed by atoms with E-state index in [0.29, 0.717) is 5.76 Å². The molecule has 1 amide bonds. The van der Waals surface area contributed by atoms with Crippen LogP contribution < -0.4 is 5.32 Å². The summed E-state index contributed by atoms with van der Waals surface area (Å²) < 4.78 is 17.4. The molecule has 6 heteroatoms. The summed E-state index contributed by atoms with van der Waals surface area (Å²) in [6.45, 7) is 1.63. The minimum Gasteiger partial charge on any atom is -0.448 e. The van der Waals surface area contributed by atoms with Gasteiger partial charge in [0.1, 0.15) is 17.4 Å². The van der Waals surface area contributed by atoms with Gasteiger partial charge in [-0.1, -0.05) is 0 Å². The Balaban J connectivity index is 2.14. The summed E-state index contributed by atoms with van der Waals surface area (Å²) >= 11 is 0. The lowest BCUT2D eigenvalue weighted by Gasteiger charge is -2.01. The number of oxazole rings is 1. The van der Waals surface area contributed by atoms with Gasteiger partial charge in [0.2, 0.25) is 0 Å². The maximum atomic E-state index is 12.6. The van der Waals surface area contributed by atoms with Gasteiger partial charge in [0.15, 0.2) is 12.1 Å². The molecule has 0 fully saturated rings. The Morgan fingerprint density at radius 3 is 2.81 bits per heavy atom. The van der Waals surface area contributed by atoms with Crippen LogP contribution >= 0.6 is 0 Å². The number of nitrogens with zero attached hydrogens (tertiary/aromatic N) is 2. The van der Waals surface area contributed by atoms with E-state index in [0.717, 1.165) is 6.20 Å². The van der Waals surface area contributed by atoms with Gasteiger partial charge in [-0.05, 0) is 19.1 Å². The minimum absolute atomic E-state index is 0.186. The lowest BCUT2D eigenvalue weighted by molar-refractivity contribution is 0.102. The molecule has 0 radical (unpaired) electrons. The SMILES string of the molecule is Cc1ocnc1C(=O)Nc1ccc(F)cn1. The summed E-state index contributed by atoms with van der Waals surface area (Å²) in [5, 5.41) is 2.47. The number of nitrogens with one attached hydrogen (secondary N) is 1. The van der Waals surface area contributed by atoms with Crippen molar-refractivity contribution in [2.45, 2.75) is 6.92 Å². The van der Waals surface area contributed by atoms with Crippen molar-refractivity contribution in [1.29, 1.82) is 0 Å². The second-order valence-corrected chi connectivity index (χ2v) is 3.07. The van der Waals surface area contributed by atoms with E-state index in [4.69, 9.17) is 4.42 Å². The normalized spacial score (nSPS) is 10.1. The highest BCUT2D eigenvalue weighted by atomic mass is 19.1. The molecule has 0 saturated carbocycles. The van der Waals surface area contributed by atoms with Crippen molar-refractivity contribution in [3.8, 4) is 0 Å². The van der Waals surface area contributed by atoms with Crippen LogP contribution in [0.4, 0.5) is 10.2 Å². The van der Waals surface area contributed by atoms with Crippen LogP contribution in [0.3, 0.4) is 0 Å². The molecule has 2 aromatic heterocycles. The predicted octanol–water partition coefficient (Wildman–Crippen LogP) is 1.77. The molecule has 5 nitrogen and oxygen atoms in total. The largest absolute Gasteiger partial charge is 0.448 e. The van der Waals surface area contributed by atoms with Crippen LogP contribution in [-0.2, 0) is 0 Å². The molecule has 0 atom stereocenters. The highest BCUT2D eigenvalue weighted by molar-refractivity contribution is 6.02. The van der Waals surface area contributed by atoms with Crippen molar-refractivity contribution in [3.63, 3.8) is 0 Å². The lowest BCUT2D eigenvalue weighted by atomic mass is 10.3. The smallest absolute Gasteiger partial charge is 0.279 e. The van der Waals surface area contributed by atoms with Crippen LogP contribution in [0.1, 0.15) is 16.2 Å². The molecule has 16 heavy (non-hydrogen) atoms. The predicted molar refractivity (Wildman–Crippen MR) is 53.4 cm³/mol. The van der Waals surface area contributed by atoms with Crippen molar-refractivity contribution in [3.05, 3.63) is 42.0 Å². The maximum Gasteiger partial charge on any atom is 0.279 e. The number of halogens is 1. The van der Waals surface area contributed by atoms with Gasteiger partial charge in [0.25, 0.3) is 5.91 Å². The minimum atomic E-state index is -0.462. The van der Waals surface area contributed by atoms with E-state index >= 15 is 0 Å². The van der Waals surface area contributed by atoms with E-state index in [1.807, 2.05) is 0 Å². The van der Waals surface area contributed by atoms with Crippen molar-refractivity contribution in [2.24, 2.45) is 0 Å². The Hall–Kier alpha value is -2.24. The van der Waals surface area contributed by atoms with Crippen LogP contribution in [0, 0.1) is 12.7 Å². The molecule has 0 aliphatic carbocycles. The average Bonchev–Trinajstić information content (AvgIpc) is 2.68. The Labute approximate surface area is 90.3 Å². The van der Waals surface area contributed by atoms with Gasteiger partial charge in [-0.15, -0.1) is 0 Å². The third-order valence-corrected chi connectivity index (χ3v) is 1.93. The number of carbonyl (C=O) groups is 1. The number of pyridine rings is 1. The average molecular weight is 221 g/mol. The number of amides is 1. The standard InChI is InChI=1S/C10H8FN3O2/c1-6-9(13-5-16-6)10(15)14-8-3-2-7(11)4-12-8/h2-5H,1H3,(H,12,14,15). The van der Waals surface area contributed by atoms with Crippen molar-refractivity contribution in [1.82, 2.24) is 9.97 Å². The fourth-order valence-corrected chi connectivity index (χ4v) is 1.15. The van der Waals surface area contributed by atoms with Gasteiger partial charge in [0.05, 0.1) is 6.20 Å². The van der Waals surface area contributed by atoms with Gasteiger partial charge in [-0.2, -0.15) is 0 Å². The molecule has 2 aromatic rings. The van der Waals surface area contributed by atoms with Gasteiger partial charge in [-0.25, -0.2) is 14.4 Å². The molecular weight excluding hydrogens is 213 g/mol. The highest BCUT2D eigenvalue weighted by Gasteiger charge is 2.13. The Morgan fingerprint density at radius 2 is 2.25 bits per heavy atom. The second kappa shape index (κ2) is 4.09. The number of carbonyl (C=O) groups excluding carboxylic acids is 1. The molecule has 0 bridgehead atoms. The van der Waals surface area contributed by atoms with Crippen LogP contribution in [-0.4, -0.2) is 15.9 Å². The third kappa shape index (κ3) is 2.05. The topological polar surface area (TPSA) is 68.0 Å². The summed E-state index contributed by atoms with van der Waals surface area (Å²) in [5.74, 6) is -0.227. The van der Waals surface area contributed by atoms with Crippen molar-refractivity contribution in [2.75, 3.05) is 5.32 Å². The quantitative estimate of drug-likeness (QED) is 0.839. The molecule has 2 rings (SSSR count). The molecule has 0 unspecified atom stereocenters. The molecule has 0 aliphatic heterocycles. The van der Waals surface area contributed by atoms with Crippen molar-refractivity contribution < 1.29 is 13.6 Å². The summed E-state index contributed by atoms with van der Waals surface area (Å²) in [4.78, 5) is 19.1. The Kier molecular flexibility index (Phi) is 2.63. The highest BCUT2D eigenvalue weighted by Crippen LogP contribution is 2.09. The Morgan fingerprint density at radius 1 is 1.44 bits per heavy atom. The summed E-state index contributed by atoms with van der Waals surface area (Å²) in [6.07, 6.45) is 2.20. The molecule has 0 aromatic carbocycles. The Bertz CT molecular complexity index is 507. The van der Waals surface area contributed by atoms with E-state index < -0.39 is 11.7 Å². The molecule has 2 heterocycles. The lowest BCUT2D eigenvalue weighted by Crippen LogP contribution is -2.14. The molecular formula is C10H8FN3O2. The van der Waals surface area contributed by atoms with E-state index in [1.165, 1.54) is 18.5 Å². The molecule has 82 valence electrons. The molecule has 0 aliphatic rings. The summed E-state index contributed by atoms with van der Waals surface area (Å²) in [5.41, 5.74) is 0.186. The zero-order valence-electron chi connectivity index (χ0n) is 8.40.